The first-order chi connectivity index (χ1) is 6.92. The van der Waals surface area contributed by atoms with Gasteiger partial charge in [0.15, 0.2) is 0 Å². The van der Waals surface area contributed by atoms with Crippen LogP contribution in [0.1, 0.15) is 11.7 Å². The molecule has 15 heavy (non-hydrogen) atoms. The Labute approximate surface area is 93.9 Å². The molecule has 0 fully saturated rings. The van der Waals surface area contributed by atoms with E-state index in [4.69, 9.17) is 11.6 Å². The zero-order valence-electron chi connectivity index (χ0n) is 8.14. The molecule has 0 radical (unpaired) electrons. The molecule has 0 spiro atoms. The molecule has 0 aliphatic rings. The number of rotatable bonds is 4. The van der Waals surface area contributed by atoms with Crippen molar-refractivity contribution in [2.24, 2.45) is 0 Å². The number of hydrogen-bond donors (Lipinski definition) is 2. The lowest BCUT2D eigenvalue weighted by molar-refractivity contribution is 0.202. The monoisotopic (exact) mass is 249 g/mol. The second-order valence-corrected chi connectivity index (χ2v) is 5.22. The van der Waals surface area contributed by atoms with Crippen molar-refractivity contribution in [1.82, 2.24) is 0 Å². The summed E-state index contributed by atoms with van der Waals surface area (Å²) in [7, 11) is -3.25. The Morgan fingerprint density at radius 3 is 2.33 bits per heavy atom. The highest BCUT2D eigenvalue weighted by Crippen LogP contribution is 2.17. The van der Waals surface area contributed by atoms with Crippen molar-refractivity contribution in [2.45, 2.75) is 6.10 Å². The minimum Gasteiger partial charge on any atom is -0.387 e. The third-order valence-corrected chi connectivity index (χ3v) is 2.64. The Morgan fingerprint density at radius 1 is 1.40 bits per heavy atom. The minimum atomic E-state index is -3.25. The van der Waals surface area contributed by atoms with E-state index in [-0.39, 0.29) is 5.88 Å². The molecule has 1 aromatic carbocycles. The molecular weight excluding hydrogens is 238 g/mol. The van der Waals surface area contributed by atoms with Crippen LogP contribution in [0.25, 0.3) is 0 Å². The van der Waals surface area contributed by atoms with Gasteiger partial charge in [0.25, 0.3) is 0 Å². The highest BCUT2D eigenvalue weighted by molar-refractivity contribution is 7.92. The Hall–Kier alpha value is -0.780. The van der Waals surface area contributed by atoms with Gasteiger partial charge in [0, 0.05) is 5.69 Å². The number of hydrogen-bond acceptors (Lipinski definition) is 3. The third kappa shape index (κ3) is 4.07. The number of aliphatic hydroxyl groups is 1. The van der Waals surface area contributed by atoms with Gasteiger partial charge in [-0.2, -0.15) is 0 Å². The van der Waals surface area contributed by atoms with Gasteiger partial charge in [0.05, 0.1) is 18.2 Å². The van der Waals surface area contributed by atoms with Crippen LogP contribution in [0.4, 0.5) is 5.69 Å². The maximum Gasteiger partial charge on any atom is 0.229 e. The molecule has 0 bridgehead atoms. The molecule has 0 saturated carbocycles. The van der Waals surface area contributed by atoms with Crippen LogP contribution in [-0.2, 0) is 10.0 Å². The summed E-state index contributed by atoms with van der Waals surface area (Å²) in [5, 5.41) is 9.38. The zero-order valence-corrected chi connectivity index (χ0v) is 9.72. The van der Waals surface area contributed by atoms with Crippen LogP contribution in [0.3, 0.4) is 0 Å². The summed E-state index contributed by atoms with van der Waals surface area (Å²) in [4.78, 5) is 0. The lowest BCUT2D eigenvalue weighted by Gasteiger charge is -2.08. The van der Waals surface area contributed by atoms with Crippen molar-refractivity contribution >= 4 is 27.3 Å². The minimum absolute atomic E-state index is 0.110. The zero-order chi connectivity index (χ0) is 11.5. The summed E-state index contributed by atoms with van der Waals surface area (Å²) in [6.45, 7) is 0. The van der Waals surface area contributed by atoms with Crippen LogP contribution < -0.4 is 4.72 Å². The summed E-state index contributed by atoms with van der Waals surface area (Å²) in [6.07, 6.45) is 0.355. The molecule has 0 aliphatic carbocycles. The fraction of sp³-hybridized carbons (Fsp3) is 0.333. The first-order valence-corrected chi connectivity index (χ1v) is 6.67. The van der Waals surface area contributed by atoms with Gasteiger partial charge in [-0.15, -0.1) is 11.6 Å². The number of sulfonamides is 1. The largest absolute Gasteiger partial charge is 0.387 e. The van der Waals surface area contributed by atoms with Gasteiger partial charge in [-0.05, 0) is 17.7 Å². The summed E-state index contributed by atoms with van der Waals surface area (Å²) in [6, 6.07) is 6.40. The standard InChI is InChI=1S/C9H12ClNO3S/c1-15(13,14)11-8-4-2-7(3-5-8)9(12)6-10/h2-5,9,11-12H,6H2,1H3/t9-/m0/s1. The molecule has 4 nitrogen and oxygen atoms in total. The van der Waals surface area contributed by atoms with Crippen LogP contribution in [0.2, 0.25) is 0 Å². The van der Waals surface area contributed by atoms with Crippen LogP contribution in [0.5, 0.6) is 0 Å². The maximum atomic E-state index is 10.9. The van der Waals surface area contributed by atoms with E-state index in [9.17, 15) is 13.5 Å². The van der Waals surface area contributed by atoms with E-state index in [1.54, 1.807) is 24.3 Å². The average Bonchev–Trinajstić information content (AvgIpc) is 2.15. The Kier molecular flexibility index (Phi) is 3.96. The summed E-state index contributed by atoms with van der Waals surface area (Å²) >= 11 is 5.47. The predicted octanol–water partition coefficient (Wildman–Crippen LogP) is 1.33. The number of anilines is 1. The second-order valence-electron chi connectivity index (χ2n) is 3.17. The van der Waals surface area contributed by atoms with Crippen LogP contribution in [0, 0.1) is 0 Å². The molecule has 1 atom stereocenters. The number of alkyl halides is 1. The fourth-order valence-corrected chi connectivity index (χ4v) is 1.82. The topological polar surface area (TPSA) is 66.4 Å². The van der Waals surface area contributed by atoms with E-state index in [2.05, 4.69) is 4.72 Å². The molecule has 1 rings (SSSR count). The number of aliphatic hydroxyl groups excluding tert-OH is 1. The quantitative estimate of drug-likeness (QED) is 0.792. The van der Waals surface area contributed by atoms with Gasteiger partial charge in [0.1, 0.15) is 0 Å². The van der Waals surface area contributed by atoms with Crippen molar-refractivity contribution in [3.8, 4) is 0 Å². The third-order valence-electron chi connectivity index (χ3n) is 1.74. The lowest BCUT2D eigenvalue weighted by atomic mass is 10.1. The van der Waals surface area contributed by atoms with E-state index < -0.39 is 16.1 Å². The number of nitrogens with one attached hydrogen (secondary N) is 1. The summed E-state index contributed by atoms with van der Waals surface area (Å²) in [5.41, 5.74) is 1.12. The van der Waals surface area contributed by atoms with Crippen molar-refractivity contribution < 1.29 is 13.5 Å². The number of benzene rings is 1. The van der Waals surface area contributed by atoms with Crippen LogP contribution in [0.15, 0.2) is 24.3 Å². The summed E-state index contributed by atoms with van der Waals surface area (Å²) in [5.74, 6) is 0.110. The van der Waals surface area contributed by atoms with Crippen LogP contribution >= 0.6 is 11.6 Å². The Morgan fingerprint density at radius 2 is 1.93 bits per heavy atom. The van der Waals surface area contributed by atoms with E-state index in [0.717, 1.165) is 6.26 Å². The highest BCUT2D eigenvalue weighted by atomic mass is 35.5. The molecule has 0 aliphatic heterocycles. The molecule has 0 heterocycles. The van der Waals surface area contributed by atoms with Gasteiger partial charge in [-0.25, -0.2) is 8.42 Å². The fourth-order valence-electron chi connectivity index (χ4n) is 1.08. The first-order valence-electron chi connectivity index (χ1n) is 4.24. The normalized spacial score (nSPS) is 13.5. The molecule has 84 valence electrons. The van der Waals surface area contributed by atoms with E-state index in [0.29, 0.717) is 11.3 Å². The molecule has 0 unspecified atom stereocenters. The van der Waals surface area contributed by atoms with Gasteiger partial charge >= 0.3 is 0 Å². The van der Waals surface area contributed by atoms with Crippen molar-refractivity contribution in [1.29, 1.82) is 0 Å². The van der Waals surface area contributed by atoms with E-state index >= 15 is 0 Å². The molecule has 2 N–H and O–H groups in total. The van der Waals surface area contributed by atoms with Gasteiger partial charge < -0.3 is 5.11 Å². The predicted molar refractivity (Wildman–Crippen MR) is 60.6 cm³/mol. The van der Waals surface area contributed by atoms with Crippen molar-refractivity contribution in [2.75, 3.05) is 16.9 Å². The van der Waals surface area contributed by atoms with Gasteiger partial charge in [-0.1, -0.05) is 12.1 Å². The molecule has 6 heteroatoms. The SMILES string of the molecule is CS(=O)(=O)Nc1ccc([C@@H](O)CCl)cc1. The van der Waals surface area contributed by atoms with E-state index in [1.165, 1.54) is 0 Å². The van der Waals surface area contributed by atoms with Crippen molar-refractivity contribution in [3.05, 3.63) is 29.8 Å². The molecular formula is C9H12ClNO3S. The summed E-state index contributed by atoms with van der Waals surface area (Å²) < 4.78 is 24.1. The Bertz CT molecular complexity index is 415. The lowest BCUT2D eigenvalue weighted by Crippen LogP contribution is -2.09. The van der Waals surface area contributed by atoms with Crippen LogP contribution in [-0.4, -0.2) is 25.7 Å². The molecule has 0 aromatic heterocycles. The molecule has 0 saturated heterocycles. The Balaban J connectivity index is 2.81. The molecule has 0 amide bonds. The first kappa shape index (κ1) is 12.3. The van der Waals surface area contributed by atoms with Gasteiger partial charge in [0.2, 0.25) is 10.0 Å². The molecule has 1 aromatic rings. The average molecular weight is 250 g/mol. The maximum absolute atomic E-state index is 10.9. The number of halogens is 1. The van der Waals surface area contributed by atoms with E-state index in [1.807, 2.05) is 0 Å². The van der Waals surface area contributed by atoms with Crippen molar-refractivity contribution in [3.63, 3.8) is 0 Å². The highest BCUT2D eigenvalue weighted by Gasteiger charge is 2.06. The smallest absolute Gasteiger partial charge is 0.229 e. The second kappa shape index (κ2) is 4.83. The van der Waals surface area contributed by atoms with Gasteiger partial charge in [-0.3, -0.25) is 4.72 Å².